The van der Waals surface area contributed by atoms with E-state index in [1.807, 2.05) is 60.0 Å². The maximum absolute atomic E-state index is 12.9. The van der Waals surface area contributed by atoms with E-state index < -0.39 is 0 Å². The summed E-state index contributed by atoms with van der Waals surface area (Å²) in [5, 5.41) is 9.07. The predicted molar refractivity (Wildman–Crippen MR) is 117 cm³/mol. The molecular weight excluding hydrogens is 380 g/mol. The molecule has 5 heteroatoms. The first-order valence-corrected chi connectivity index (χ1v) is 10.7. The normalized spacial score (nSPS) is 18.2. The Labute approximate surface area is 173 Å². The summed E-state index contributed by atoms with van der Waals surface area (Å²) in [5.41, 5.74) is 4.82. The topological polar surface area (TPSA) is 58.2 Å². The van der Waals surface area contributed by atoms with E-state index in [0.717, 1.165) is 40.4 Å². The fraction of sp³-hybridized carbons (Fsp3) is 0.167. The zero-order valence-electron chi connectivity index (χ0n) is 15.8. The van der Waals surface area contributed by atoms with Gasteiger partial charge in [-0.1, -0.05) is 36.4 Å². The van der Waals surface area contributed by atoms with E-state index in [4.69, 9.17) is 0 Å². The van der Waals surface area contributed by atoms with E-state index in [0.29, 0.717) is 17.5 Å². The molecule has 2 heterocycles. The molecule has 2 N–H and O–H groups in total. The van der Waals surface area contributed by atoms with Crippen LogP contribution in [0.3, 0.4) is 0 Å². The van der Waals surface area contributed by atoms with Crippen molar-refractivity contribution in [1.29, 1.82) is 0 Å². The third-order valence-corrected chi connectivity index (χ3v) is 6.41. The summed E-state index contributed by atoms with van der Waals surface area (Å²) >= 11 is 1.65. The Morgan fingerprint density at radius 2 is 1.79 bits per heavy atom. The second-order valence-electron chi connectivity index (χ2n) is 7.34. The second-order valence-corrected chi connectivity index (χ2v) is 8.32. The van der Waals surface area contributed by atoms with Gasteiger partial charge in [-0.2, -0.15) is 0 Å². The summed E-state index contributed by atoms with van der Waals surface area (Å²) in [5.74, 6) is 0.182. The van der Waals surface area contributed by atoms with Gasteiger partial charge in [0.15, 0.2) is 11.6 Å². The zero-order chi connectivity index (χ0) is 19.8. The van der Waals surface area contributed by atoms with Crippen LogP contribution in [-0.2, 0) is 4.79 Å². The van der Waals surface area contributed by atoms with Crippen molar-refractivity contribution in [3.8, 4) is 0 Å². The number of rotatable bonds is 3. The van der Waals surface area contributed by atoms with Gasteiger partial charge < -0.3 is 10.6 Å². The van der Waals surface area contributed by atoms with E-state index in [-0.39, 0.29) is 17.6 Å². The number of hydrogen-bond acceptors (Lipinski definition) is 5. The van der Waals surface area contributed by atoms with Gasteiger partial charge in [0.1, 0.15) is 0 Å². The van der Waals surface area contributed by atoms with Gasteiger partial charge in [-0.05, 0) is 42.5 Å². The highest BCUT2D eigenvalue weighted by atomic mass is 32.1. The molecule has 2 aliphatic rings. The highest BCUT2D eigenvalue weighted by molar-refractivity contribution is 7.10. The van der Waals surface area contributed by atoms with E-state index >= 15 is 0 Å². The van der Waals surface area contributed by atoms with Gasteiger partial charge in [0.2, 0.25) is 0 Å². The van der Waals surface area contributed by atoms with E-state index in [1.165, 1.54) is 0 Å². The number of hydrogen-bond donors (Lipinski definition) is 2. The lowest BCUT2D eigenvalue weighted by atomic mass is 9.89. The number of ketones is 2. The van der Waals surface area contributed by atoms with Crippen LogP contribution in [0.2, 0.25) is 0 Å². The van der Waals surface area contributed by atoms with Crippen molar-refractivity contribution in [3.05, 3.63) is 93.3 Å². The van der Waals surface area contributed by atoms with Crippen LogP contribution in [-0.4, -0.2) is 11.6 Å². The second kappa shape index (κ2) is 7.33. The maximum atomic E-state index is 12.9. The molecule has 1 aliphatic carbocycles. The van der Waals surface area contributed by atoms with Crippen LogP contribution in [0.4, 0.5) is 11.4 Å². The number of Topliss-reactive ketones (excluding diaryl/α,β-unsaturated/α-hetero) is 1. The quantitative estimate of drug-likeness (QED) is 0.565. The lowest BCUT2D eigenvalue weighted by Gasteiger charge is -2.24. The summed E-state index contributed by atoms with van der Waals surface area (Å²) in [6.07, 6.45) is 2.26. The molecule has 1 aromatic heterocycles. The Bertz CT molecular complexity index is 1120. The Balaban J connectivity index is 1.58. The summed E-state index contributed by atoms with van der Waals surface area (Å²) < 4.78 is 0. The molecule has 0 spiro atoms. The fourth-order valence-electron chi connectivity index (χ4n) is 4.06. The lowest BCUT2D eigenvalue weighted by molar-refractivity contribution is -0.116. The van der Waals surface area contributed by atoms with Gasteiger partial charge in [-0.3, -0.25) is 9.59 Å². The molecule has 2 aromatic carbocycles. The molecule has 1 atom stereocenters. The summed E-state index contributed by atoms with van der Waals surface area (Å²) in [6, 6.07) is 18.9. The summed E-state index contributed by atoms with van der Waals surface area (Å²) in [7, 11) is 0. The van der Waals surface area contributed by atoms with Crippen LogP contribution < -0.4 is 10.6 Å². The molecule has 5 rings (SSSR count). The van der Waals surface area contributed by atoms with Crippen molar-refractivity contribution >= 4 is 34.3 Å². The van der Waals surface area contributed by atoms with Gasteiger partial charge in [-0.25, -0.2) is 0 Å². The molecule has 1 aliphatic heterocycles. The average Bonchev–Trinajstić information content (AvgIpc) is 3.22. The number of carbonyl (C=O) groups excluding carboxylic acids is 2. The number of nitrogens with one attached hydrogen (secondary N) is 2. The van der Waals surface area contributed by atoms with Gasteiger partial charge in [0, 0.05) is 33.7 Å². The van der Waals surface area contributed by atoms with Crippen molar-refractivity contribution < 1.29 is 9.59 Å². The van der Waals surface area contributed by atoms with Crippen LogP contribution in [0, 0.1) is 0 Å². The zero-order valence-corrected chi connectivity index (χ0v) is 16.6. The highest BCUT2D eigenvalue weighted by Crippen LogP contribution is 2.42. The maximum Gasteiger partial charge on any atom is 0.193 e. The summed E-state index contributed by atoms with van der Waals surface area (Å²) in [6.45, 7) is 0. The number of fused-ring (bicyclic) bond motifs is 1. The molecule has 0 radical (unpaired) electrons. The number of allylic oxidation sites excluding steroid dienone is 1. The van der Waals surface area contributed by atoms with Crippen molar-refractivity contribution in [3.63, 3.8) is 0 Å². The molecule has 0 bridgehead atoms. The predicted octanol–water partition coefficient (Wildman–Crippen LogP) is 5.56. The van der Waals surface area contributed by atoms with Crippen LogP contribution in [0.5, 0.6) is 0 Å². The standard InChI is InChI=1S/C24H20N2O2S/c27-20-9-4-8-18-22(20)23(21-10-5-13-29-21)26-17-12-11-16(14-19(17)25-18)24(28)15-6-2-1-3-7-15/h1-3,5-7,10-14,23,25-26H,4,8-9H2/t23-/m0/s1. The molecule has 0 unspecified atom stereocenters. The minimum absolute atomic E-state index is 0.0109. The monoisotopic (exact) mass is 400 g/mol. The number of benzene rings is 2. The van der Waals surface area contributed by atoms with E-state index in [2.05, 4.69) is 16.7 Å². The van der Waals surface area contributed by atoms with Crippen LogP contribution in [0.25, 0.3) is 0 Å². The van der Waals surface area contributed by atoms with Gasteiger partial charge in [-0.15, -0.1) is 11.3 Å². The molecule has 3 aromatic rings. The Morgan fingerprint density at radius 1 is 0.931 bits per heavy atom. The Hall–Kier alpha value is -3.18. The third-order valence-electron chi connectivity index (χ3n) is 5.48. The lowest BCUT2D eigenvalue weighted by Crippen LogP contribution is -2.22. The Morgan fingerprint density at radius 3 is 2.59 bits per heavy atom. The molecule has 29 heavy (non-hydrogen) atoms. The van der Waals surface area contributed by atoms with Gasteiger partial charge in [0.05, 0.1) is 17.4 Å². The first-order chi connectivity index (χ1) is 14.2. The Kier molecular flexibility index (Phi) is 4.52. The first-order valence-electron chi connectivity index (χ1n) is 9.78. The molecular formula is C24H20N2O2S. The van der Waals surface area contributed by atoms with Crippen LogP contribution >= 0.6 is 11.3 Å². The average molecular weight is 401 g/mol. The molecule has 4 nitrogen and oxygen atoms in total. The van der Waals surface area contributed by atoms with Crippen molar-refractivity contribution in [2.75, 3.05) is 10.6 Å². The molecule has 0 fully saturated rings. The van der Waals surface area contributed by atoms with Crippen LogP contribution in [0.1, 0.15) is 46.1 Å². The number of carbonyl (C=O) groups is 2. The van der Waals surface area contributed by atoms with Crippen molar-refractivity contribution in [1.82, 2.24) is 0 Å². The van der Waals surface area contributed by atoms with Crippen molar-refractivity contribution in [2.45, 2.75) is 25.3 Å². The minimum Gasteiger partial charge on any atom is -0.372 e. The molecule has 144 valence electrons. The minimum atomic E-state index is -0.165. The SMILES string of the molecule is O=C1CCCC2=C1[C@H](c1cccs1)Nc1ccc(C(=O)c3ccccc3)cc1N2. The van der Waals surface area contributed by atoms with E-state index in [9.17, 15) is 9.59 Å². The summed E-state index contributed by atoms with van der Waals surface area (Å²) in [4.78, 5) is 26.8. The van der Waals surface area contributed by atoms with Crippen LogP contribution in [0.15, 0.2) is 77.3 Å². The largest absolute Gasteiger partial charge is 0.372 e. The number of thiophene rings is 1. The van der Waals surface area contributed by atoms with E-state index in [1.54, 1.807) is 11.3 Å². The van der Waals surface area contributed by atoms with Gasteiger partial charge in [0.25, 0.3) is 0 Å². The molecule has 0 saturated heterocycles. The van der Waals surface area contributed by atoms with Crippen molar-refractivity contribution in [2.24, 2.45) is 0 Å². The molecule has 0 saturated carbocycles. The van der Waals surface area contributed by atoms with Gasteiger partial charge >= 0.3 is 0 Å². The third kappa shape index (κ3) is 3.28. The number of anilines is 2. The highest BCUT2D eigenvalue weighted by Gasteiger charge is 2.32. The molecule has 0 amide bonds. The fourth-order valence-corrected chi connectivity index (χ4v) is 4.84. The first kappa shape index (κ1) is 17.9. The smallest absolute Gasteiger partial charge is 0.193 e.